The lowest BCUT2D eigenvalue weighted by atomic mass is 10.1. The van der Waals surface area contributed by atoms with Crippen molar-refractivity contribution in [3.63, 3.8) is 0 Å². The van der Waals surface area contributed by atoms with Crippen LogP contribution in [0.5, 0.6) is 0 Å². The number of rotatable bonds is 5. The summed E-state index contributed by atoms with van der Waals surface area (Å²) in [4.78, 5) is 4.49. The molecule has 0 bridgehead atoms. The van der Waals surface area contributed by atoms with Gasteiger partial charge in [-0.25, -0.2) is 0 Å². The lowest BCUT2D eigenvalue weighted by Crippen LogP contribution is -2.01. The molecule has 0 unspecified atom stereocenters. The minimum Gasteiger partial charge on any atom is -0.368 e. The Morgan fingerprint density at radius 1 is 1.20 bits per heavy atom. The molecule has 1 aromatic carbocycles. The van der Waals surface area contributed by atoms with Gasteiger partial charge in [0.25, 0.3) is 0 Å². The Morgan fingerprint density at radius 2 is 2.05 bits per heavy atom. The van der Waals surface area contributed by atoms with E-state index >= 15 is 0 Å². The van der Waals surface area contributed by atoms with E-state index < -0.39 is 0 Å². The highest BCUT2D eigenvalue weighted by Crippen LogP contribution is 2.25. The van der Waals surface area contributed by atoms with Crippen LogP contribution in [0.3, 0.4) is 0 Å². The van der Waals surface area contributed by atoms with Crippen molar-refractivity contribution in [2.45, 2.75) is 19.8 Å². The van der Waals surface area contributed by atoms with E-state index in [1.54, 1.807) is 0 Å². The molecule has 0 aliphatic carbocycles. The van der Waals surface area contributed by atoms with Crippen LogP contribution < -0.4 is 5.32 Å². The van der Waals surface area contributed by atoms with Gasteiger partial charge in [0.15, 0.2) is 5.82 Å². The fourth-order valence-corrected chi connectivity index (χ4v) is 2.20. The van der Waals surface area contributed by atoms with Gasteiger partial charge < -0.3 is 5.32 Å². The van der Waals surface area contributed by atoms with Crippen molar-refractivity contribution in [3.05, 3.63) is 42.6 Å². The zero-order chi connectivity index (χ0) is 13.8. The van der Waals surface area contributed by atoms with Crippen molar-refractivity contribution in [2.75, 3.05) is 11.9 Å². The molecule has 0 fully saturated rings. The van der Waals surface area contributed by atoms with Crippen LogP contribution in [0.2, 0.25) is 0 Å². The van der Waals surface area contributed by atoms with Gasteiger partial charge in [0.2, 0.25) is 0 Å². The second-order valence-corrected chi connectivity index (χ2v) is 4.83. The number of unbranched alkanes of at least 4 members (excludes halogenated alkanes) is 1. The number of nitrogens with one attached hydrogen (secondary N) is 2. The molecule has 2 heterocycles. The van der Waals surface area contributed by atoms with E-state index in [0.717, 1.165) is 40.9 Å². The first-order valence-electron chi connectivity index (χ1n) is 7.02. The Balaban J connectivity index is 1.95. The van der Waals surface area contributed by atoms with Crippen molar-refractivity contribution in [3.8, 4) is 11.3 Å². The zero-order valence-electron chi connectivity index (χ0n) is 11.6. The van der Waals surface area contributed by atoms with E-state index in [9.17, 15) is 0 Å². The SMILES string of the molecule is CCCCNc1n[nH]c2cnc(-c3ccccc3)cc12. The highest BCUT2D eigenvalue weighted by molar-refractivity contribution is 5.91. The minimum atomic E-state index is 0.910. The summed E-state index contributed by atoms with van der Waals surface area (Å²) in [7, 11) is 0. The Labute approximate surface area is 118 Å². The van der Waals surface area contributed by atoms with Gasteiger partial charge in [0.05, 0.1) is 17.4 Å². The Morgan fingerprint density at radius 3 is 2.85 bits per heavy atom. The Kier molecular flexibility index (Phi) is 3.63. The highest BCUT2D eigenvalue weighted by Gasteiger charge is 2.07. The molecule has 2 aromatic heterocycles. The van der Waals surface area contributed by atoms with Crippen LogP contribution >= 0.6 is 0 Å². The molecule has 0 aliphatic heterocycles. The van der Waals surface area contributed by atoms with Crippen molar-refractivity contribution < 1.29 is 0 Å². The fourth-order valence-electron chi connectivity index (χ4n) is 2.20. The molecule has 0 aliphatic rings. The number of benzene rings is 1. The number of hydrogen-bond acceptors (Lipinski definition) is 3. The monoisotopic (exact) mass is 266 g/mol. The quantitative estimate of drug-likeness (QED) is 0.690. The van der Waals surface area contributed by atoms with Gasteiger partial charge in [0.1, 0.15) is 0 Å². The van der Waals surface area contributed by atoms with Crippen LogP contribution in [0.15, 0.2) is 42.6 Å². The molecular weight excluding hydrogens is 248 g/mol. The van der Waals surface area contributed by atoms with E-state index in [1.165, 1.54) is 6.42 Å². The van der Waals surface area contributed by atoms with Gasteiger partial charge in [-0.15, -0.1) is 0 Å². The molecule has 0 spiro atoms. The smallest absolute Gasteiger partial charge is 0.155 e. The van der Waals surface area contributed by atoms with Gasteiger partial charge in [-0.1, -0.05) is 43.7 Å². The number of pyridine rings is 1. The molecular formula is C16H18N4. The van der Waals surface area contributed by atoms with Crippen molar-refractivity contribution in [1.29, 1.82) is 0 Å². The maximum atomic E-state index is 4.49. The number of fused-ring (bicyclic) bond motifs is 1. The zero-order valence-corrected chi connectivity index (χ0v) is 11.6. The van der Waals surface area contributed by atoms with Crippen LogP contribution in [0.25, 0.3) is 22.2 Å². The number of nitrogens with zero attached hydrogens (tertiary/aromatic N) is 2. The van der Waals surface area contributed by atoms with Gasteiger partial charge >= 0.3 is 0 Å². The van der Waals surface area contributed by atoms with E-state index in [-0.39, 0.29) is 0 Å². The van der Waals surface area contributed by atoms with Crippen molar-refractivity contribution in [1.82, 2.24) is 15.2 Å². The minimum absolute atomic E-state index is 0.910. The first-order chi connectivity index (χ1) is 9.88. The fraction of sp³-hybridized carbons (Fsp3) is 0.250. The van der Waals surface area contributed by atoms with E-state index in [4.69, 9.17) is 0 Å². The molecule has 4 nitrogen and oxygen atoms in total. The maximum absolute atomic E-state index is 4.49. The predicted octanol–water partition coefficient (Wildman–Crippen LogP) is 3.84. The van der Waals surface area contributed by atoms with Gasteiger partial charge in [-0.2, -0.15) is 5.10 Å². The standard InChI is InChI=1S/C16H18N4/c1-2-3-9-17-16-13-10-14(12-7-5-4-6-8-12)18-11-15(13)19-20-16/h4-8,10-11H,2-3,9H2,1H3,(H2,17,19,20). The largest absolute Gasteiger partial charge is 0.368 e. The summed E-state index contributed by atoms with van der Waals surface area (Å²) >= 11 is 0. The molecule has 3 rings (SSSR count). The van der Waals surface area contributed by atoms with Crippen LogP contribution in [0.4, 0.5) is 5.82 Å². The summed E-state index contributed by atoms with van der Waals surface area (Å²) < 4.78 is 0. The van der Waals surface area contributed by atoms with Crippen LogP contribution in [-0.4, -0.2) is 21.7 Å². The first-order valence-corrected chi connectivity index (χ1v) is 7.02. The number of aromatic amines is 1. The summed E-state index contributed by atoms with van der Waals surface area (Å²) in [6, 6.07) is 12.3. The van der Waals surface area contributed by atoms with E-state index in [2.05, 4.69) is 45.6 Å². The number of H-pyrrole nitrogens is 1. The summed E-state index contributed by atoms with van der Waals surface area (Å²) in [5.74, 6) is 0.910. The van der Waals surface area contributed by atoms with Crippen LogP contribution in [0, 0.1) is 0 Å². The molecule has 0 saturated heterocycles. The van der Waals surface area contributed by atoms with Gasteiger partial charge in [-0.3, -0.25) is 10.1 Å². The summed E-state index contributed by atoms with van der Waals surface area (Å²) in [6.45, 7) is 3.13. The number of aromatic nitrogens is 3. The van der Waals surface area contributed by atoms with E-state index in [0.29, 0.717) is 0 Å². The van der Waals surface area contributed by atoms with Crippen LogP contribution in [-0.2, 0) is 0 Å². The topological polar surface area (TPSA) is 53.6 Å². The van der Waals surface area contributed by atoms with Gasteiger partial charge in [-0.05, 0) is 12.5 Å². The molecule has 0 amide bonds. The third-order valence-electron chi connectivity index (χ3n) is 3.34. The Hall–Kier alpha value is -2.36. The normalized spacial score (nSPS) is 10.8. The maximum Gasteiger partial charge on any atom is 0.155 e. The predicted molar refractivity (Wildman–Crippen MR) is 82.7 cm³/mol. The summed E-state index contributed by atoms with van der Waals surface area (Å²) in [5, 5.41) is 11.8. The van der Waals surface area contributed by atoms with Gasteiger partial charge in [0, 0.05) is 17.5 Å². The Bertz CT molecular complexity index is 688. The lowest BCUT2D eigenvalue weighted by Gasteiger charge is -2.03. The van der Waals surface area contributed by atoms with Crippen LogP contribution in [0.1, 0.15) is 19.8 Å². The average Bonchev–Trinajstić information content (AvgIpc) is 2.91. The number of anilines is 1. The second-order valence-electron chi connectivity index (χ2n) is 4.83. The number of hydrogen-bond donors (Lipinski definition) is 2. The first kappa shape index (κ1) is 12.7. The molecule has 20 heavy (non-hydrogen) atoms. The van der Waals surface area contributed by atoms with E-state index in [1.807, 2.05) is 24.4 Å². The molecule has 4 heteroatoms. The molecule has 3 aromatic rings. The lowest BCUT2D eigenvalue weighted by molar-refractivity contribution is 0.830. The average molecular weight is 266 g/mol. The second kappa shape index (κ2) is 5.74. The molecule has 0 radical (unpaired) electrons. The third-order valence-corrected chi connectivity index (χ3v) is 3.34. The summed E-state index contributed by atoms with van der Waals surface area (Å²) in [6.07, 6.45) is 4.16. The summed E-state index contributed by atoms with van der Waals surface area (Å²) in [5.41, 5.74) is 3.05. The molecule has 0 saturated carbocycles. The highest BCUT2D eigenvalue weighted by atomic mass is 15.2. The third kappa shape index (κ3) is 2.50. The molecule has 102 valence electrons. The van der Waals surface area contributed by atoms with Crippen molar-refractivity contribution in [2.24, 2.45) is 0 Å². The van der Waals surface area contributed by atoms with Crippen molar-refractivity contribution >= 4 is 16.7 Å². The molecule has 0 atom stereocenters. The molecule has 2 N–H and O–H groups in total.